The number of pyridine rings is 1. The van der Waals surface area contributed by atoms with Gasteiger partial charge in [0.25, 0.3) is 6.43 Å². The molecule has 0 saturated carbocycles. The van der Waals surface area contributed by atoms with Gasteiger partial charge in [-0.25, -0.2) is 27.3 Å². The molecule has 0 aliphatic rings. The molecule has 0 aliphatic heterocycles. The van der Waals surface area contributed by atoms with Crippen molar-refractivity contribution >= 4 is 44.2 Å². The van der Waals surface area contributed by atoms with Gasteiger partial charge in [-0.05, 0) is 22.6 Å². The van der Waals surface area contributed by atoms with Crippen LogP contribution in [0.25, 0.3) is 0 Å². The molecule has 0 aliphatic carbocycles. The molecule has 84 valence electrons. The summed E-state index contributed by atoms with van der Waals surface area (Å²) in [7, 11) is -4.22. The van der Waals surface area contributed by atoms with E-state index in [-0.39, 0.29) is 8.72 Å². The molecule has 1 aromatic rings. The lowest BCUT2D eigenvalue weighted by Crippen LogP contribution is -2.16. The third-order valence-corrected chi connectivity index (χ3v) is 4.14. The number of aromatic nitrogens is 1. The fourth-order valence-electron chi connectivity index (χ4n) is 0.891. The molecule has 0 unspecified atom stereocenters. The first kappa shape index (κ1) is 13.0. The minimum Gasteiger partial charge on any atom is -0.242 e. The Balaban J connectivity index is 3.62. The van der Waals surface area contributed by atoms with Crippen molar-refractivity contribution < 1.29 is 17.2 Å². The van der Waals surface area contributed by atoms with Crippen LogP contribution in [0.2, 0.25) is 5.15 Å². The van der Waals surface area contributed by atoms with Crippen LogP contribution in [0.15, 0.2) is 11.1 Å². The number of sulfonamides is 1. The molecular formula is C6H4ClF2IN2O2S. The molecule has 0 bridgehead atoms. The predicted molar refractivity (Wildman–Crippen MR) is 58.3 cm³/mol. The molecule has 9 heteroatoms. The van der Waals surface area contributed by atoms with Crippen molar-refractivity contribution in [3.8, 4) is 0 Å². The normalized spacial score (nSPS) is 12.1. The van der Waals surface area contributed by atoms with Gasteiger partial charge in [-0.1, -0.05) is 11.6 Å². The minimum atomic E-state index is -4.22. The third-order valence-electron chi connectivity index (χ3n) is 1.50. The van der Waals surface area contributed by atoms with Gasteiger partial charge >= 0.3 is 0 Å². The van der Waals surface area contributed by atoms with Gasteiger partial charge in [-0.15, -0.1) is 0 Å². The number of halogens is 4. The van der Waals surface area contributed by atoms with Gasteiger partial charge in [0.1, 0.15) is 10.0 Å². The maximum Gasteiger partial charge on any atom is 0.266 e. The van der Waals surface area contributed by atoms with E-state index >= 15 is 0 Å². The van der Waals surface area contributed by atoms with Crippen LogP contribution in [0.3, 0.4) is 0 Å². The number of nitrogens with two attached hydrogens (primary N) is 1. The largest absolute Gasteiger partial charge is 0.266 e. The van der Waals surface area contributed by atoms with Crippen LogP contribution < -0.4 is 5.14 Å². The Labute approximate surface area is 103 Å². The number of hydrogen-bond donors (Lipinski definition) is 1. The second-order valence-corrected chi connectivity index (χ2v) is 5.45. The first-order valence-electron chi connectivity index (χ1n) is 3.40. The number of nitrogens with zero attached hydrogens (tertiary/aromatic N) is 1. The molecular weight excluding hydrogens is 364 g/mol. The molecule has 2 N–H and O–H groups in total. The zero-order valence-corrected chi connectivity index (χ0v) is 10.6. The second kappa shape index (κ2) is 4.44. The molecule has 0 radical (unpaired) electrons. The highest BCUT2D eigenvalue weighted by Gasteiger charge is 2.25. The van der Waals surface area contributed by atoms with E-state index in [0.29, 0.717) is 0 Å². The monoisotopic (exact) mass is 368 g/mol. The molecule has 1 heterocycles. The number of rotatable bonds is 2. The van der Waals surface area contributed by atoms with Crippen LogP contribution in [-0.2, 0) is 10.0 Å². The quantitative estimate of drug-likeness (QED) is 0.640. The van der Waals surface area contributed by atoms with E-state index in [9.17, 15) is 17.2 Å². The average molecular weight is 369 g/mol. The molecule has 0 amide bonds. The van der Waals surface area contributed by atoms with Crippen LogP contribution in [0.5, 0.6) is 0 Å². The molecule has 4 nitrogen and oxygen atoms in total. The molecule has 0 spiro atoms. The zero-order valence-electron chi connectivity index (χ0n) is 6.92. The molecule has 0 aromatic carbocycles. The Hall–Kier alpha value is -0.0600. The van der Waals surface area contributed by atoms with Crippen LogP contribution in [0.4, 0.5) is 8.78 Å². The number of hydrogen-bond acceptors (Lipinski definition) is 3. The number of primary sulfonamides is 1. The average Bonchev–Trinajstić information content (AvgIpc) is 2.06. The van der Waals surface area contributed by atoms with Gasteiger partial charge in [0.15, 0.2) is 0 Å². The van der Waals surface area contributed by atoms with E-state index in [4.69, 9.17) is 16.7 Å². The Morgan fingerprint density at radius 1 is 1.53 bits per heavy atom. The van der Waals surface area contributed by atoms with E-state index in [2.05, 4.69) is 4.98 Å². The van der Waals surface area contributed by atoms with Crippen molar-refractivity contribution in [1.29, 1.82) is 0 Å². The molecule has 0 fully saturated rings. The van der Waals surface area contributed by atoms with Crippen molar-refractivity contribution in [3.63, 3.8) is 0 Å². The van der Waals surface area contributed by atoms with Crippen LogP contribution in [0, 0.1) is 3.57 Å². The van der Waals surface area contributed by atoms with Crippen molar-refractivity contribution in [2.24, 2.45) is 5.14 Å². The highest BCUT2D eigenvalue weighted by Crippen LogP contribution is 2.32. The SMILES string of the molecule is NS(=O)(=O)c1cnc(Cl)c(I)c1C(F)F. The van der Waals surface area contributed by atoms with Gasteiger partial charge in [0, 0.05) is 6.20 Å². The smallest absolute Gasteiger partial charge is 0.242 e. The van der Waals surface area contributed by atoms with Crippen molar-refractivity contribution in [3.05, 3.63) is 20.5 Å². The van der Waals surface area contributed by atoms with Crippen LogP contribution in [0.1, 0.15) is 12.0 Å². The van der Waals surface area contributed by atoms with Crippen LogP contribution in [-0.4, -0.2) is 13.4 Å². The highest BCUT2D eigenvalue weighted by atomic mass is 127. The van der Waals surface area contributed by atoms with Crippen molar-refractivity contribution in [2.45, 2.75) is 11.3 Å². The van der Waals surface area contributed by atoms with E-state index in [1.807, 2.05) is 0 Å². The van der Waals surface area contributed by atoms with Crippen molar-refractivity contribution in [1.82, 2.24) is 4.98 Å². The van der Waals surface area contributed by atoms with Gasteiger partial charge in [0.2, 0.25) is 10.0 Å². The highest BCUT2D eigenvalue weighted by molar-refractivity contribution is 14.1. The van der Waals surface area contributed by atoms with Gasteiger partial charge in [0.05, 0.1) is 9.13 Å². The standard InChI is InChI=1S/C6H4ClF2IN2O2S/c7-5-4(10)3(6(8)9)2(1-12-5)15(11,13)14/h1,6H,(H2,11,13,14). The first-order chi connectivity index (χ1) is 6.75. The lowest BCUT2D eigenvalue weighted by atomic mass is 10.3. The zero-order chi connectivity index (χ0) is 11.8. The first-order valence-corrected chi connectivity index (χ1v) is 6.40. The summed E-state index contributed by atoms with van der Waals surface area (Å²) < 4.78 is 47.0. The Bertz CT molecular complexity index is 494. The van der Waals surface area contributed by atoms with Gasteiger partial charge < -0.3 is 0 Å². The Morgan fingerprint density at radius 2 is 2.07 bits per heavy atom. The molecule has 1 aromatic heterocycles. The molecule has 0 atom stereocenters. The Morgan fingerprint density at radius 3 is 2.47 bits per heavy atom. The van der Waals surface area contributed by atoms with Crippen molar-refractivity contribution in [2.75, 3.05) is 0 Å². The van der Waals surface area contributed by atoms with E-state index in [0.717, 1.165) is 6.20 Å². The maximum atomic E-state index is 12.6. The fourth-order valence-corrected chi connectivity index (χ4v) is 2.59. The molecule has 0 saturated heterocycles. The molecule has 15 heavy (non-hydrogen) atoms. The lowest BCUT2D eigenvalue weighted by molar-refractivity contribution is 0.146. The summed E-state index contributed by atoms with van der Waals surface area (Å²) in [5.41, 5.74) is -0.710. The summed E-state index contributed by atoms with van der Waals surface area (Å²) in [4.78, 5) is 2.75. The van der Waals surface area contributed by atoms with Gasteiger partial charge in [-0.3, -0.25) is 0 Å². The van der Waals surface area contributed by atoms with E-state index in [1.165, 1.54) is 22.6 Å². The Kier molecular flexibility index (Phi) is 3.85. The summed E-state index contributed by atoms with van der Waals surface area (Å²) in [5.74, 6) is 0. The predicted octanol–water partition coefficient (Wildman–Crippen LogP) is 1.92. The number of alkyl halides is 2. The second-order valence-electron chi connectivity index (χ2n) is 2.49. The van der Waals surface area contributed by atoms with Crippen LogP contribution >= 0.6 is 34.2 Å². The van der Waals surface area contributed by atoms with E-state index < -0.39 is 26.9 Å². The summed E-state index contributed by atoms with van der Waals surface area (Å²) in [5, 5.41) is 4.58. The fraction of sp³-hybridized carbons (Fsp3) is 0.167. The topological polar surface area (TPSA) is 73.1 Å². The summed E-state index contributed by atoms with van der Waals surface area (Å²) >= 11 is 6.98. The minimum absolute atomic E-state index is 0.115. The summed E-state index contributed by atoms with van der Waals surface area (Å²) in [6.07, 6.45) is -2.26. The lowest BCUT2D eigenvalue weighted by Gasteiger charge is -2.09. The summed E-state index contributed by atoms with van der Waals surface area (Å²) in [6.45, 7) is 0. The third kappa shape index (κ3) is 2.74. The molecule has 1 rings (SSSR count). The summed E-state index contributed by atoms with van der Waals surface area (Å²) in [6, 6.07) is 0. The van der Waals surface area contributed by atoms with Gasteiger partial charge in [-0.2, -0.15) is 0 Å². The maximum absolute atomic E-state index is 12.6. The van der Waals surface area contributed by atoms with E-state index in [1.54, 1.807) is 0 Å².